The lowest BCUT2D eigenvalue weighted by Crippen LogP contribution is -2.35. The van der Waals surface area contributed by atoms with Crippen molar-refractivity contribution < 1.29 is 31.1 Å². The third-order valence-corrected chi connectivity index (χ3v) is 9.02. The van der Waals surface area contributed by atoms with Crippen LogP contribution in [0.15, 0.2) is 41.3 Å². The Morgan fingerprint density at radius 1 is 0.971 bits per heavy atom. The molecule has 0 spiro atoms. The molecule has 1 saturated heterocycles. The minimum absolute atomic E-state index is 0.0832. The van der Waals surface area contributed by atoms with E-state index in [1.54, 1.807) is 12.1 Å². The zero-order valence-electron chi connectivity index (χ0n) is 20.3. The normalized spacial score (nSPS) is 14.9. The van der Waals surface area contributed by atoms with E-state index in [-0.39, 0.29) is 34.2 Å². The Balaban J connectivity index is 1.80. The summed E-state index contributed by atoms with van der Waals surface area (Å²) in [6.07, 6.45) is 3.78. The van der Waals surface area contributed by atoms with Crippen molar-refractivity contribution in [1.82, 2.24) is 9.62 Å². The van der Waals surface area contributed by atoms with Crippen LogP contribution in [0, 0.1) is 0 Å². The fourth-order valence-electron chi connectivity index (χ4n) is 3.80. The smallest absolute Gasteiger partial charge is 0.253 e. The van der Waals surface area contributed by atoms with Crippen LogP contribution in [0.1, 0.15) is 35.2 Å². The van der Waals surface area contributed by atoms with Crippen LogP contribution in [0.2, 0.25) is 0 Å². The molecule has 2 aromatic rings. The molecule has 2 aromatic carbocycles. The molecular weight excluding hydrogens is 494 g/mol. The molecule has 0 aromatic heterocycles. The fourth-order valence-corrected chi connectivity index (χ4v) is 5.83. The number of hydrogen-bond acceptors (Lipinski definition) is 7. The highest BCUT2D eigenvalue weighted by atomic mass is 32.2. The molecule has 1 aliphatic heterocycles. The van der Waals surface area contributed by atoms with Gasteiger partial charge in [-0.3, -0.25) is 9.10 Å². The van der Waals surface area contributed by atoms with E-state index >= 15 is 0 Å². The number of anilines is 1. The van der Waals surface area contributed by atoms with Gasteiger partial charge in [0.2, 0.25) is 20.0 Å². The number of carbonyl (C=O) groups excluding carboxylic acids is 1. The zero-order chi connectivity index (χ0) is 25.8. The molecule has 192 valence electrons. The Bertz CT molecular complexity index is 1270. The van der Waals surface area contributed by atoms with Gasteiger partial charge in [0.15, 0.2) is 11.5 Å². The van der Waals surface area contributed by atoms with E-state index in [4.69, 9.17) is 9.47 Å². The number of amides is 1. The van der Waals surface area contributed by atoms with Gasteiger partial charge >= 0.3 is 0 Å². The number of nitrogens with zero attached hydrogens (tertiary/aromatic N) is 2. The van der Waals surface area contributed by atoms with Gasteiger partial charge < -0.3 is 14.8 Å². The van der Waals surface area contributed by atoms with Gasteiger partial charge in [-0.25, -0.2) is 16.8 Å². The molecule has 0 atom stereocenters. The molecular formula is C23H31N3O7S2. The van der Waals surface area contributed by atoms with Crippen LogP contribution in [-0.4, -0.2) is 67.7 Å². The van der Waals surface area contributed by atoms with E-state index in [0.29, 0.717) is 18.7 Å². The summed E-state index contributed by atoms with van der Waals surface area (Å²) in [5, 5.41) is 2.76. The molecule has 1 fully saturated rings. The van der Waals surface area contributed by atoms with Crippen molar-refractivity contribution in [1.29, 1.82) is 0 Å². The summed E-state index contributed by atoms with van der Waals surface area (Å²) in [6.45, 7) is 1.16. The van der Waals surface area contributed by atoms with Crippen LogP contribution in [0.25, 0.3) is 0 Å². The van der Waals surface area contributed by atoms with Crippen molar-refractivity contribution in [2.75, 3.05) is 44.9 Å². The summed E-state index contributed by atoms with van der Waals surface area (Å²) < 4.78 is 62.9. The first kappa shape index (κ1) is 26.8. The molecule has 0 bridgehead atoms. The largest absolute Gasteiger partial charge is 0.493 e. The summed E-state index contributed by atoms with van der Waals surface area (Å²) in [7, 11) is -3.02. The van der Waals surface area contributed by atoms with E-state index in [1.807, 2.05) is 0 Å². The van der Waals surface area contributed by atoms with E-state index in [1.165, 1.54) is 49.8 Å². The Morgan fingerprint density at radius 3 is 2.09 bits per heavy atom. The van der Waals surface area contributed by atoms with E-state index in [2.05, 4.69) is 5.32 Å². The summed E-state index contributed by atoms with van der Waals surface area (Å²) in [4.78, 5) is 13.3. The van der Waals surface area contributed by atoms with Crippen LogP contribution in [0.4, 0.5) is 5.69 Å². The van der Waals surface area contributed by atoms with Gasteiger partial charge in [0.25, 0.3) is 5.91 Å². The molecule has 1 heterocycles. The number of carbonyl (C=O) groups is 1. The minimum atomic E-state index is -3.66. The van der Waals surface area contributed by atoms with Crippen LogP contribution < -0.4 is 19.1 Å². The third kappa shape index (κ3) is 6.06. The lowest BCUT2D eigenvalue weighted by atomic mass is 10.1. The standard InChI is InChI=1S/C23H31N3O7S2/c1-25(34(4,28)29)20-15-22(33-3)21(32-2)14-19(20)23(27)24-16-17-8-10-18(11-9-17)35(30,31)26-12-6-5-7-13-26/h8-11,14-15H,5-7,12-13,16H2,1-4H3,(H,24,27). The van der Waals surface area contributed by atoms with E-state index in [9.17, 15) is 21.6 Å². The number of nitrogens with one attached hydrogen (secondary N) is 1. The lowest BCUT2D eigenvalue weighted by Gasteiger charge is -2.25. The molecule has 35 heavy (non-hydrogen) atoms. The molecule has 10 nitrogen and oxygen atoms in total. The number of benzene rings is 2. The van der Waals surface area contributed by atoms with Crippen molar-refractivity contribution in [2.45, 2.75) is 30.7 Å². The maximum atomic E-state index is 13.0. The topological polar surface area (TPSA) is 122 Å². The molecule has 12 heteroatoms. The fraction of sp³-hybridized carbons (Fsp3) is 0.435. The second-order valence-electron chi connectivity index (χ2n) is 8.25. The van der Waals surface area contributed by atoms with Gasteiger partial charge in [-0.05, 0) is 36.6 Å². The summed E-state index contributed by atoms with van der Waals surface area (Å²) in [6, 6.07) is 9.20. The Labute approximate surface area is 206 Å². The van der Waals surface area contributed by atoms with Crippen LogP contribution in [-0.2, 0) is 26.6 Å². The first-order valence-corrected chi connectivity index (χ1v) is 14.3. The highest BCUT2D eigenvalue weighted by Crippen LogP contribution is 2.35. The predicted octanol–water partition coefficient (Wildman–Crippen LogP) is 2.20. The van der Waals surface area contributed by atoms with Gasteiger partial charge in [0, 0.05) is 32.7 Å². The second kappa shape index (κ2) is 10.8. The highest BCUT2D eigenvalue weighted by Gasteiger charge is 2.26. The number of rotatable bonds is 9. The minimum Gasteiger partial charge on any atom is -0.493 e. The van der Waals surface area contributed by atoms with Crippen molar-refractivity contribution in [3.63, 3.8) is 0 Å². The lowest BCUT2D eigenvalue weighted by molar-refractivity contribution is 0.0951. The summed E-state index contributed by atoms with van der Waals surface area (Å²) in [5.74, 6) is 0.0251. The van der Waals surface area contributed by atoms with Gasteiger partial charge in [0.1, 0.15) is 0 Å². The number of piperidine rings is 1. The number of methoxy groups -OCH3 is 2. The molecule has 0 aliphatic carbocycles. The molecule has 1 amide bonds. The number of sulfonamides is 2. The van der Waals surface area contributed by atoms with Crippen molar-refractivity contribution in [3.8, 4) is 11.5 Å². The van der Waals surface area contributed by atoms with Gasteiger partial charge in [-0.1, -0.05) is 18.6 Å². The van der Waals surface area contributed by atoms with Crippen molar-refractivity contribution in [2.24, 2.45) is 0 Å². The van der Waals surface area contributed by atoms with Gasteiger partial charge in [0.05, 0.1) is 36.6 Å². The Morgan fingerprint density at radius 2 is 1.54 bits per heavy atom. The van der Waals surface area contributed by atoms with E-state index < -0.39 is 26.0 Å². The van der Waals surface area contributed by atoms with Crippen LogP contribution >= 0.6 is 0 Å². The molecule has 1 aliphatic rings. The molecule has 1 N–H and O–H groups in total. The Hall–Kier alpha value is -2.83. The molecule has 0 unspecified atom stereocenters. The Kier molecular flexibility index (Phi) is 8.29. The summed E-state index contributed by atoms with van der Waals surface area (Å²) >= 11 is 0. The van der Waals surface area contributed by atoms with Crippen molar-refractivity contribution >= 4 is 31.6 Å². The van der Waals surface area contributed by atoms with Crippen LogP contribution in [0.3, 0.4) is 0 Å². The maximum Gasteiger partial charge on any atom is 0.253 e. The monoisotopic (exact) mass is 525 g/mol. The summed E-state index contributed by atoms with van der Waals surface area (Å²) in [5.41, 5.74) is 0.903. The predicted molar refractivity (Wildman–Crippen MR) is 133 cm³/mol. The van der Waals surface area contributed by atoms with Gasteiger partial charge in [-0.2, -0.15) is 4.31 Å². The number of ether oxygens (including phenoxy) is 2. The van der Waals surface area contributed by atoms with E-state index in [0.717, 1.165) is 29.8 Å². The molecule has 0 radical (unpaired) electrons. The highest BCUT2D eigenvalue weighted by molar-refractivity contribution is 7.92. The molecule has 3 rings (SSSR count). The third-order valence-electron chi connectivity index (χ3n) is 5.91. The maximum absolute atomic E-state index is 13.0. The quantitative estimate of drug-likeness (QED) is 0.533. The van der Waals surface area contributed by atoms with Crippen LogP contribution in [0.5, 0.6) is 11.5 Å². The molecule has 0 saturated carbocycles. The average Bonchev–Trinajstić information content (AvgIpc) is 2.86. The zero-order valence-corrected chi connectivity index (χ0v) is 21.9. The van der Waals surface area contributed by atoms with Gasteiger partial charge in [-0.15, -0.1) is 0 Å². The second-order valence-corrected chi connectivity index (χ2v) is 12.2. The SMILES string of the molecule is COc1cc(C(=O)NCc2ccc(S(=O)(=O)N3CCCCC3)cc2)c(N(C)S(C)(=O)=O)cc1OC. The first-order chi connectivity index (χ1) is 16.5. The van der Waals surface area contributed by atoms with Crippen molar-refractivity contribution in [3.05, 3.63) is 47.5 Å². The first-order valence-electron chi connectivity index (χ1n) is 11.1. The average molecular weight is 526 g/mol. The number of hydrogen-bond donors (Lipinski definition) is 1.